The summed E-state index contributed by atoms with van der Waals surface area (Å²) < 4.78 is 10.9. The summed E-state index contributed by atoms with van der Waals surface area (Å²) in [5, 5.41) is 17.1. The average Bonchev–Trinajstić information content (AvgIpc) is 2.70. The van der Waals surface area contributed by atoms with Gasteiger partial charge in [-0.2, -0.15) is 5.26 Å². The predicted octanol–water partition coefficient (Wildman–Crippen LogP) is 4.47. The van der Waals surface area contributed by atoms with Crippen molar-refractivity contribution in [2.24, 2.45) is 0 Å². The molecular formula is C22H21NO5. The van der Waals surface area contributed by atoms with Gasteiger partial charge in [-0.3, -0.25) is 0 Å². The van der Waals surface area contributed by atoms with Crippen molar-refractivity contribution >= 4 is 18.0 Å². The van der Waals surface area contributed by atoms with Gasteiger partial charge in [-0.25, -0.2) is 9.59 Å². The lowest BCUT2D eigenvalue weighted by Crippen LogP contribution is -2.08. The Labute approximate surface area is 163 Å². The number of unbranched alkanes of at least 4 members (excludes halogenated alkanes) is 3. The van der Waals surface area contributed by atoms with E-state index in [-0.39, 0.29) is 0 Å². The first kappa shape index (κ1) is 20.7. The second kappa shape index (κ2) is 11.2. The highest BCUT2D eigenvalue weighted by molar-refractivity contribution is 5.91. The number of carbonyl (C=O) groups excluding carboxylic acids is 1. The first-order valence-corrected chi connectivity index (χ1v) is 8.91. The fourth-order valence-corrected chi connectivity index (χ4v) is 2.34. The number of benzene rings is 2. The van der Waals surface area contributed by atoms with Crippen molar-refractivity contribution in [2.45, 2.75) is 25.7 Å². The molecule has 0 aliphatic rings. The monoisotopic (exact) mass is 379 g/mol. The summed E-state index contributed by atoms with van der Waals surface area (Å²) in [5.74, 6) is -0.472. The molecule has 0 radical (unpaired) electrons. The van der Waals surface area contributed by atoms with E-state index in [1.807, 2.05) is 0 Å². The second-order valence-corrected chi connectivity index (χ2v) is 5.97. The Balaban J connectivity index is 1.82. The van der Waals surface area contributed by atoms with Crippen LogP contribution in [-0.2, 0) is 4.79 Å². The maximum atomic E-state index is 12.2. The molecule has 0 aromatic heterocycles. The van der Waals surface area contributed by atoms with Crippen molar-refractivity contribution in [1.29, 1.82) is 5.26 Å². The number of rotatable bonds is 10. The Bertz CT molecular complexity index is 848. The van der Waals surface area contributed by atoms with E-state index >= 15 is 0 Å². The SMILES string of the molecule is N#CCCCCCOc1ccc(C(=O)Oc2ccc(/C=C/C(=O)O)cc2)cc1. The molecule has 0 fully saturated rings. The van der Waals surface area contributed by atoms with Crippen LogP contribution in [0.5, 0.6) is 11.5 Å². The van der Waals surface area contributed by atoms with Crippen LogP contribution in [0.25, 0.3) is 6.08 Å². The van der Waals surface area contributed by atoms with E-state index in [4.69, 9.17) is 19.8 Å². The molecule has 0 unspecified atom stereocenters. The maximum Gasteiger partial charge on any atom is 0.343 e. The Morgan fingerprint density at radius 2 is 1.64 bits per heavy atom. The van der Waals surface area contributed by atoms with Gasteiger partial charge in [-0.1, -0.05) is 12.1 Å². The largest absolute Gasteiger partial charge is 0.494 e. The van der Waals surface area contributed by atoms with E-state index in [1.165, 1.54) is 6.08 Å². The third-order valence-electron chi connectivity index (χ3n) is 3.80. The molecule has 0 saturated carbocycles. The molecule has 1 N–H and O–H groups in total. The first-order valence-electron chi connectivity index (χ1n) is 8.91. The zero-order chi connectivity index (χ0) is 20.2. The normalized spacial score (nSPS) is 10.4. The van der Waals surface area contributed by atoms with Crippen molar-refractivity contribution in [2.75, 3.05) is 6.61 Å². The molecule has 144 valence electrons. The number of hydrogen-bond donors (Lipinski definition) is 1. The summed E-state index contributed by atoms with van der Waals surface area (Å²) in [6.45, 7) is 0.567. The van der Waals surface area contributed by atoms with E-state index in [0.717, 1.165) is 25.3 Å². The van der Waals surface area contributed by atoms with Gasteiger partial charge in [0.15, 0.2) is 0 Å². The molecule has 0 heterocycles. The van der Waals surface area contributed by atoms with Crippen LogP contribution in [0.2, 0.25) is 0 Å². The van der Waals surface area contributed by atoms with Crippen LogP contribution in [0.1, 0.15) is 41.6 Å². The minimum absolute atomic E-state index is 0.371. The van der Waals surface area contributed by atoms with Crippen molar-refractivity contribution in [3.8, 4) is 17.6 Å². The molecule has 0 atom stereocenters. The number of carbonyl (C=O) groups is 2. The summed E-state index contributed by atoms with van der Waals surface area (Å²) in [4.78, 5) is 22.7. The Hall–Kier alpha value is -3.59. The van der Waals surface area contributed by atoms with Crippen LogP contribution >= 0.6 is 0 Å². The van der Waals surface area contributed by atoms with E-state index < -0.39 is 11.9 Å². The molecule has 28 heavy (non-hydrogen) atoms. The second-order valence-electron chi connectivity index (χ2n) is 5.97. The Kier molecular flexibility index (Phi) is 8.28. The highest BCUT2D eigenvalue weighted by Gasteiger charge is 2.09. The number of carboxylic acids is 1. The molecule has 6 nitrogen and oxygen atoms in total. The number of hydrogen-bond acceptors (Lipinski definition) is 5. The molecular weight excluding hydrogens is 358 g/mol. The van der Waals surface area contributed by atoms with Gasteiger partial charge in [-0.15, -0.1) is 0 Å². The molecule has 6 heteroatoms. The Morgan fingerprint density at radius 1 is 0.964 bits per heavy atom. The van der Waals surface area contributed by atoms with E-state index in [0.29, 0.717) is 35.7 Å². The molecule has 0 spiro atoms. The van der Waals surface area contributed by atoms with Crippen molar-refractivity contribution < 1.29 is 24.2 Å². The molecule has 0 amide bonds. The summed E-state index contributed by atoms with van der Waals surface area (Å²) in [6, 6.07) is 15.3. The van der Waals surface area contributed by atoms with Crippen LogP contribution in [0.3, 0.4) is 0 Å². The fourth-order valence-electron chi connectivity index (χ4n) is 2.34. The molecule has 2 aromatic rings. The molecule has 0 bridgehead atoms. The molecule has 0 aliphatic heterocycles. The van der Waals surface area contributed by atoms with Gasteiger partial charge >= 0.3 is 11.9 Å². The summed E-state index contributed by atoms with van der Waals surface area (Å²) >= 11 is 0. The number of nitriles is 1. The van der Waals surface area contributed by atoms with E-state index in [9.17, 15) is 9.59 Å². The number of ether oxygens (including phenoxy) is 2. The van der Waals surface area contributed by atoms with Gasteiger partial charge in [0.1, 0.15) is 11.5 Å². The van der Waals surface area contributed by atoms with Gasteiger partial charge in [0.2, 0.25) is 0 Å². The lowest BCUT2D eigenvalue weighted by atomic mass is 10.2. The van der Waals surface area contributed by atoms with Crippen LogP contribution in [0.4, 0.5) is 0 Å². The third kappa shape index (κ3) is 7.34. The quantitative estimate of drug-likeness (QED) is 0.283. The number of aliphatic carboxylic acids is 1. The predicted molar refractivity (Wildman–Crippen MR) is 104 cm³/mol. The van der Waals surface area contributed by atoms with Gasteiger partial charge in [0, 0.05) is 12.5 Å². The topological polar surface area (TPSA) is 96.6 Å². The number of esters is 1. The van der Waals surface area contributed by atoms with Crippen LogP contribution in [0.15, 0.2) is 54.6 Å². The molecule has 2 aromatic carbocycles. The lowest BCUT2D eigenvalue weighted by Gasteiger charge is -2.07. The minimum atomic E-state index is -1.03. The van der Waals surface area contributed by atoms with Crippen molar-refractivity contribution in [3.05, 3.63) is 65.7 Å². The third-order valence-corrected chi connectivity index (χ3v) is 3.80. The molecule has 0 aliphatic carbocycles. The number of carboxylic acid groups (broad SMARTS) is 1. The zero-order valence-corrected chi connectivity index (χ0v) is 15.3. The van der Waals surface area contributed by atoms with E-state index in [1.54, 1.807) is 48.5 Å². The summed E-state index contributed by atoms with van der Waals surface area (Å²) in [6.07, 6.45) is 5.76. The van der Waals surface area contributed by atoms with Crippen molar-refractivity contribution in [3.63, 3.8) is 0 Å². The van der Waals surface area contributed by atoms with Crippen LogP contribution in [-0.4, -0.2) is 23.7 Å². The molecule has 0 saturated heterocycles. The van der Waals surface area contributed by atoms with Gasteiger partial charge < -0.3 is 14.6 Å². The summed E-state index contributed by atoms with van der Waals surface area (Å²) in [7, 11) is 0. The smallest absolute Gasteiger partial charge is 0.343 e. The van der Waals surface area contributed by atoms with Crippen molar-refractivity contribution in [1.82, 2.24) is 0 Å². The average molecular weight is 379 g/mol. The highest BCUT2D eigenvalue weighted by Crippen LogP contribution is 2.17. The van der Waals surface area contributed by atoms with Crippen LogP contribution < -0.4 is 9.47 Å². The lowest BCUT2D eigenvalue weighted by molar-refractivity contribution is -0.131. The first-order chi connectivity index (χ1) is 13.6. The number of nitrogens with zero attached hydrogens (tertiary/aromatic N) is 1. The minimum Gasteiger partial charge on any atom is -0.494 e. The zero-order valence-electron chi connectivity index (χ0n) is 15.3. The highest BCUT2D eigenvalue weighted by atomic mass is 16.5. The van der Waals surface area contributed by atoms with Crippen LogP contribution in [0, 0.1) is 11.3 Å². The summed E-state index contributed by atoms with van der Waals surface area (Å²) in [5.41, 5.74) is 1.09. The molecule has 2 rings (SSSR count). The maximum absolute atomic E-state index is 12.2. The standard InChI is InChI=1S/C22H21NO5/c23-15-3-1-2-4-16-27-19-12-8-18(9-13-19)22(26)28-20-10-5-17(6-11-20)7-14-21(24)25/h5-14H,1-4,16H2,(H,24,25)/b14-7+. The fraction of sp³-hybridized carbons (Fsp3) is 0.227. The van der Waals surface area contributed by atoms with Gasteiger partial charge in [0.25, 0.3) is 0 Å². The van der Waals surface area contributed by atoms with E-state index in [2.05, 4.69) is 6.07 Å². The van der Waals surface area contributed by atoms with Gasteiger partial charge in [-0.05, 0) is 67.3 Å². The Morgan fingerprint density at radius 3 is 2.29 bits per heavy atom. The van der Waals surface area contributed by atoms with Gasteiger partial charge in [0.05, 0.1) is 18.2 Å².